The molecule has 2 aromatic rings. The second-order valence-corrected chi connectivity index (χ2v) is 5.97. The summed E-state index contributed by atoms with van der Waals surface area (Å²) >= 11 is 3.53. The molecule has 0 atom stereocenters. The van der Waals surface area contributed by atoms with Crippen LogP contribution in [0.2, 0.25) is 0 Å². The van der Waals surface area contributed by atoms with Crippen molar-refractivity contribution in [2.24, 2.45) is 0 Å². The van der Waals surface area contributed by atoms with Crippen LogP contribution in [0.3, 0.4) is 0 Å². The molecule has 1 fully saturated rings. The van der Waals surface area contributed by atoms with Crippen molar-refractivity contribution in [3.05, 3.63) is 40.0 Å². The van der Waals surface area contributed by atoms with E-state index in [-0.39, 0.29) is 0 Å². The molecule has 1 N–H and O–H groups in total. The number of hydrogen-bond acceptors (Lipinski definition) is 5. The van der Waals surface area contributed by atoms with Crippen LogP contribution in [0, 0.1) is 0 Å². The molecule has 1 saturated carbocycles. The Morgan fingerprint density at radius 2 is 2.29 bits per heavy atom. The maximum Gasteiger partial charge on any atom is 0.264 e. The first-order valence-corrected chi connectivity index (χ1v) is 8.00. The highest BCUT2D eigenvalue weighted by molar-refractivity contribution is 9.10. The van der Waals surface area contributed by atoms with Crippen LogP contribution < -0.4 is 10.1 Å². The Balaban J connectivity index is 1.68. The molecule has 5 nitrogen and oxygen atoms in total. The van der Waals surface area contributed by atoms with E-state index in [2.05, 4.69) is 38.3 Å². The molecule has 6 heteroatoms. The quantitative estimate of drug-likeness (QED) is 0.828. The molecule has 0 aliphatic heterocycles. The standard InChI is InChI=1S/C15H18BrN3O2/c1-2-17-8-11-4-3-5-12(16)14(11)20-9-13-18-15(19-21-13)10-6-7-10/h3-5,10,17H,2,6-9H2,1H3. The Morgan fingerprint density at radius 1 is 1.43 bits per heavy atom. The summed E-state index contributed by atoms with van der Waals surface area (Å²) in [6, 6.07) is 6.02. The van der Waals surface area contributed by atoms with Gasteiger partial charge in [0.1, 0.15) is 5.75 Å². The van der Waals surface area contributed by atoms with Gasteiger partial charge in [0.2, 0.25) is 0 Å². The molecule has 1 aliphatic rings. The number of para-hydroxylation sites is 1. The Kier molecular flexibility index (Phi) is 4.55. The van der Waals surface area contributed by atoms with Crippen LogP contribution in [0.4, 0.5) is 0 Å². The third kappa shape index (κ3) is 3.63. The van der Waals surface area contributed by atoms with Gasteiger partial charge < -0.3 is 14.6 Å². The van der Waals surface area contributed by atoms with Crippen LogP contribution in [0.25, 0.3) is 0 Å². The first-order chi connectivity index (χ1) is 10.3. The summed E-state index contributed by atoms with van der Waals surface area (Å²) in [5.74, 6) is 2.66. The third-order valence-corrected chi connectivity index (χ3v) is 4.00. The zero-order chi connectivity index (χ0) is 14.7. The molecule has 1 aromatic heterocycles. The molecule has 0 unspecified atom stereocenters. The fraction of sp³-hybridized carbons (Fsp3) is 0.467. The second-order valence-electron chi connectivity index (χ2n) is 5.12. The molecule has 1 aliphatic carbocycles. The van der Waals surface area contributed by atoms with Crippen molar-refractivity contribution in [3.63, 3.8) is 0 Å². The summed E-state index contributed by atoms with van der Waals surface area (Å²) in [6.45, 7) is 4.06. The van der Waals surface area contributed by atoms with E-state index in [0.717, 1.165) is 47.5 Å². The largest absolute Gasteiger partial charge is 0.482 e. The second kappa shape index (κ2) is 6.58. The van der Waals surface area contributed by atoms with Crippen LogP contribution in [0.5, 0.6) is 5.75 Å². The summed E-state index contributed by atoms with van der Waals surface area (Å²) < 4.78 is 12.0. The molecule has 0 spiro atoms. The molecular formula is C15H18BrN3O2. The number of ether oxygens (including phenoxy) is 1. The number of benzene rings is 1. The Morgan fingerprint density at radius 3 is 3.05 bits per heavy atom. The minimum Gasteiger partial charge on any atom is -0.482 e. The van der Waals surface area contributed by atoms with Crippen LogP contribution in [0.15, 0.2) is 27.2 Å². The number of nitrogens with one attached hydrogen (secondary N) is 1. The van der Waals surface area contributed by atoms with Gasteiger partial charge in [-0.1, -0.05) is 24.2 Å². The van der Waals surface area contributed by atoms with Crippen LogP contribution in [-0.4, -0.2) is 16.7 Å². The number of rotatable bonds is 7. The summed E-state index contributed by atoms with van der Waals surface area (Å²) in [6.07, 6.45) is 2.33. The average Bonchev–Trinajstić information content (AvgIpc) is 3.23. The first-order valence-electron chi connectivity index (χ1n) is 7.21. The van der Waals surface area contributed by atoms with Gasteiger partial charge in [-0.3, -0.25) is 0 Å². The number of hydrogen-bond donors (Lipinski definition) is 1. The first kappa shape index (κ1) is 14.5. The highest BCUT2D eigenvalue weighted by Crippen LogP contribution is 2.38. The van der Waals surface area contributed by atoms with Crippen LogP contribution >= 0.6 is 15.9 Å². The maximum atomic E-state index is 5.88. The SMILES string of the molecule is CCNCc1cccc(Br)c1OCc1nc(C2CC2)no1. The molecule has 3 rings (SSSR count). The normalized spacial score (nSPS) is 14.4. The Hall–Kier alpha value is -1.40. The van der Waals surface area contributed by atoms with Crippen LogP contribution in [0.1, 0.15) is 43.0 Å². The highest BCUT2D eigenvalue weighted by atomic mass is 79.9. The monoisotopic (exact) mass is 351 g/mol. The fourth-order valence-electron chi connectivity index (χ4n) is 2.08. The van der Waals surface area contributed by atoms with E-state index < -0.39 is 0 Å². The number of aromatic nitrogens is 2. The molecule has 0 radical (unpaired) electrons. The lowest BCUT2D eigenvalue weighted by Gasteiger charge is -2.12. The van der Waals surface area contributed by atoms with E-state index in [1.54, 1.807) is 0 Å². The van der Waals surface area contributed by atoms with E-state index in [1.165, 1.54) is 0 Å². The third-order valence-electron chi connectivity index (χ3n) is 3.38. The minimum absolute atomic E-state index is 0.293. The summed E-state index contributed by atoms with van der Waals surface area (Å²) in [4.78, 5) is 4.38. The van der Waals surface area contributed by atoms with Crippen molar-refractivity contribution in [1.29, 1.82) is 0 Å². The van der Waals surface area contributed by atoms with E-state index in [9.17, 15) is 0 Å². The van der Waals surface area contributed by atoms with E-state index in [4.69, 9.17) is 9.26 Å². The Labute approximate surface area is 132 Å². The van der Waals surface area contributed by atoms with Gasteiger partial charge in [-0.25, -0.2) is 0 Å². The van der Waals surface area contributed by atoms with Crippen molar-refractivity contribution in [1.82, 2.24) is 15.5 Å². The molecule has 112 valence electrons. The van der Waals surface area contributed by atoms with Gasteiger partial charge >= 0.3 is 0 Å². The van der Waals surface area contributed by atoms with E-state index in [0.29, 0.717) is 18.4 Å². The van der Waals surface area contributed by atoms with E-state index in [1.807, 2.05) is 18.2 Å². The predicted molar refractivity (Wildman–Crippen MR) is 82.1 cm³/mol. The van der Waals surface area contributed by atoms with E-state index >= 15 is 0 Å². The molecular weight excluding hydrogens is 334 g/mol. The zero-order valence-electron chi connectivity index (χ0n) is 11.9. The van der Waals surface area contributed by atoms with Gasteiger partial charge in [0.25, 0.3) is 5.89 Å². The average molecular weight is 352 g/mol. The van der Waals surface area contributed by atoms with Crippen LogP contribution in [-0.2, 0) is 13.2 Å². The van der Waals surface area contributed by atoms with Crippen molar-refractivity contribution >= 4 is 15.9 Å². The highest BCUT2D eigenvalue weighted by Gasteiger charge is 2.28. The zero-order valence-corrected chi connectivity index (χ0v) is 13.5. The smallest absolute Gasteiger partial charge is 0.264 e. The van der Waals surface area contributed by atoms with Crippen molar-refractivity contribution in [2.45, 2.75) is 38.8 Å². The van der Waals surface area contributed by atoms with Gasteiger partial charge in [0, 0.05) is 18.0 Å². The lowest BCUT2D eigenvalue weighted by atomic mass is 10.2. The summed E-state index contributed by atoms with van der Waals surface area (Å²) in [5.41, 5.74) is 1.10. The molecule has 1 heterocycles. The molecule has 0 bridgehead atoms. The topological polar surface area (TPSA) is 60.2 Å². The molecule has 0 saturated heterocycles. The van der Waals surface area contributed by atoms with Crippen molar-refractivity contribution in [2.75, 3.05) is 6.54 Å². The number of nitrogens with zero attached hydrogens (tertiary/aromatic N) is 2. The van der Waals surface area contributed by atoms with Crippen molar-refractivity contribution in [3.8, 4) is 5.75 Å². The van der Waals surface area contributed by atoms with Gasteiger partial charge in [-0.2, -0.15) is 4.98 Å². The van der Waals surface area contributed by atoms with Gasteiger partial charge in [0.05, 0.1) is 4.47 Å². The summed E-state index contributed by atoms with van der Waals surface area (Å²) in [5, 5.41) is 7.30. The molecule has 1 aromatic carbocycles. The van der Waals surface area contributed by atoms with Gasteiger partial charge in [-0.15, -0.1) is 0 Å². The number of halogens is 1. The lowest BCUT2D eigenvalue weighted by Crippen LogP contribution is -2.13. The summed E-state index contributed by atoms with van der Waals surface area (Å²) in [7, 11) is 0. The predicted octanol–water partition coefficient (Wildman–Crippen LogP) is 3.40. The maximum absolute atomic E-state index is 5.88. The lowest BCUT2D eigenvalue weighted by molar-refractivity contribution is 0.239. The van der Waals surface area contributed by atoms with Gasteiger partial charge in [0.15, 0.2) is 12.4 Å². The molecule has 0 amide bonds. The Bertz CT molecular complexity index is 611. The van der Waals surface area contributed by atoms with Crippen molar-refractivity contribution < 1.29 is 9.26 Å². The van der Waals surface area contributed by atoms with Gasteiger partial charge in [-0.05, 0) is 41.4 Å². The fourth-order valence-corrected chi connectivity index (χ4v) is 2.60. The molecule has 21 heavy (non-hydrogen) atoms. The minimum atomic E-state index is 0.293.